The molecule has 0 radical (unpaired) electrons. The number of ether oxygens (including phenoxy) is 1. The van der Waals surface area contributed by atoms with Gasteiger partial charge in [0.2, 0.25) is 0 Å². The first kappa shape index (κ1) is 17.6. The minimum Gasteiger partial charge on any atom is -0.444 e. The summed E-state index contributed by atoms with van der Waals surface area (Å²) < 4.78 is 6.48. The summed E-state index contributed by atoms with van der Waals surface area (Å²) in [7, 11) is 0. The van der Waals surface area contributed by atoms with Crippen molar-refractivity contribution in [2.24, 2.45) is 0 Å². The monoisotopic (exact) mass is 418 g/mol. The number of carbonyl (C=O) groups is 1. The molecule has 7 heteroatoms. The van der Waals surface area contributed by atoms with Gasteiger partial charge in [-0.25, -0.2) is 9.78 Å². The summed E-state index contributed by atoms with van der Waals surface area (Å²) in [5.74, 6) is 0.754. The Bertz CT molecular complexity index is 765. The van der Waals surface area contributed by atoms with E-state index in [1.807, 2.05) is 31.7 Å². The molecule has 0 spiro atoms. The summed E-state index contributed by atoms with van der Waals surface area (Å²) in [6.07, 6.45) is 5.56. The molecule has 3 fully saturated rings. The second-order valence-electron chi connectivity index (χ2n) is 8.36. The second-order valence-corrected chi connectivity index (χ2v) is 9.27. The van der Waals surface area contributed by atoms with Gasteiger partial charge in [-0.1, -0.05) is 0 Å². The number of halogens is 1. The van der Waals surface area contributed by atoms with E-state index >= 15 is 0 Å². The van der Waals surface area contributed by atoms with E-state index in [1.165, 1.54) is 0 Å². The van der Waals surface area contributed by atoms with Crippen LogP contribution in [0.2, 0.25) is 0 Å². The molecule has 4 unspecified atom stereocenters. The molecule has 0 aliphatic carbocycles. The summed E-state index contributed by atoms with van der Waals surface area (Å²) in [5, 5.41) is 9.56. The fourth-order valence-corrected chi connectivity index (χ4v) is 5.19. The zero-order valence-corrected chi connectivity index (χ0v) is 16.9. The highest BCUT2D eigenvalue weighted by Gasteiger charge is 2.57. The van der Waals surface area contributed by atoms with Crippen molar-refractivity contribution in [1.82, 2.24) is 9.88 Å². The molecule has 138 valence electrons. The van der Waals surface area contributed by atoms with Crippen molar-refractivity contribution in [1.29, 1.82) is 5.26 Å². The highest BCUT2D eigenvalue weighted by Crippen LogP contribution is 2.48. The van der Waals surface area contributed by atoms with Gasteiger partial charge < -0.3 is 9.64 Å². The summed E-state index contributed by atoms with van der Waals surface area (Å²) in [5.41, 5.74) is 0.0925. The quantitative estimate of drug-likeness (QED) is 0.692. The maximum atomic E-state index is 12.8. The number of hydrogen-bond donors (Lipinski definition) is 0. The lowest BCUT2D eigenvalue weighted by Gasteiger charge is -2.47. The molecule has 1 aromatic heterocycles. The number of nitriles is 1. The van der Waals surface area contributed by atoms with Gasteiger partial charge in [0, 0.05) is 10.7 Å². The van der Waals surface area contributed by atoms with E-state index in [-0.39, 0.29) is 30.3 Å². The van der Waals surface area contributed by atoms with Crippen LogP contribution in [0.15, 0.2) is 16.7 Å². The Hall–Kier alpha value is -1.81. The van der Waals surface area contributed by atoms with E-state index in [4.69, 9.17) is 4.74 Å². The fraction of sp³-hybridized carbons (Fsp3) is 0.632. The Labute approximate surface area is 162 Å². The minimum absolute atomic E-state index is 0.130. The first-order valence-corrected chi connectivity index (χ1v) is 9.95. The Balaban J connectivity index is 1.67. The molecule has 4 bridgehead atoms. The molecule has 6 nitrogen and oxygen atoms in total. The molecule has 3 aliphatic rings. The number of anilines is 1. The molecule has 4 atom stereocenters. The Kier molecular flexibility index (Phi) is 4.14. The lowest BCUT2D eigenvalue weighted by Crippen LogP contribution is -2.62. The number of hydrogen-bond acceptors (Lipinski definition) is 5. The Morgan fingerprint density at radius 2 is 1.81 bits per heavy atom. The molecular weight excluding hydrogens is 396 g/mol. The van der Waals surface area contributed by atoms with Crippen molar-refractivity contribution >= 4 is 27.8 Å². The lowest BCUT2D eigenvalue weighted by molar-refractivity contribution is 0.00668. The van der Waals surface area contributed by atoms with E-state index in [2.05, 4.69) is 31.9 Å². The fourth-order valence-electron chi connectivity index (χ4n) is 4.86. The molecule has 26 heavy (non-hydrogen) atoms. The highest BCUT2D eigenvalue weighted by atomic mass is 79.9. The Morgan fingerprint density at radius 1 is 1.23 bits per heavy atom. The molecule has 1 amide bonds. The van der Waals surface area contributed by atoms with Crippen molar-refractivity contribution < 1.29 is 9.53 Å². The average Bonchev–Trinajstić information content (AvgIpc) is 3.07. The van der Waals surface area contributed by atoms with Gasteiger partial charge in [0.1, 0.15) is 17.5 Å². The molecule has 0 N–H and O–H groups in total. The van der Waals surface area contributed by atoms with Gasteiger partial charge in [0.25, 0.3) is 0 Å². The number of pyridine rings is 1. The van der Waals surface area contributed by atoms with Crippen molar-refractivity contribution in [3.63, 3.8) is 0 Å². The maximum Gasteiger partial charge on any atom is 0.410 e. The number of rotatable bonds is 1. The summed E-state index contributed by atoms with van der Waals surface area (Å²) in [6.45, 7) is 5.72. The number of nitrogens with zero attached hydrogens (tertiary/aromatic N) is 4. The largest absolute Gasteiger partial charge is 0.444 e. The average molecular weight is 419 g/mol. The van der Waals surface area contributed by atoms with Gasteiger partial charge in [-0.3, -0.25) is 4.90 Å². The van der Waals surface area contributed by atoms with Crippen molar-refractivity contribution in [3.05, 3.63) is 22.3 Å². The zero-order chi connectivity index (χ0) is 18.6. The van der Waals surface area contributed by atoms with Crippen LogP contribution in [0.3, 0.4) is 0 Å². The minimum atomic E-state index is -0.492. The smallest absolute Gasteiger partial charge is 0.410 e. The van der Waals surface area contributed by atoms with Crippen LogP contribution in [0, 0.1) is 11.3 Å². The molecule has 4 rings (SSSR count). The summed E-state index contributed by atoms with van der Waals surface area (Å²) in [4.78, 5) is 21.7. The van der Waals surface area contributed by atoms with Crippen LogP contribution in [-0.2, 0) is 4.74 Å². The van der Waals surface area contributed by atoms with Gasteiger partial charge in [-0.15, -0.1) is 0 Å². The number of aromatic nitrogens is 1. The predicted molar refractivity (Wildman–Crippen MR) is 101 cm³/mol. The highest BCUT2D eigenvalue weighted by molar-refractivity contribution is 9.10. The molecule has 0 saturated carbocycles. The lowest BCUT2D eigenvalue weighted by atomic mass is 10.0. The zero-order valence-electron chi connectivity index (χ0n) is 15.3. The number of amides is 1. The molecule has 3 aliphatic heterocycles. The van der Waals surface area contributed by atoms with E-state index in [0.717, 1.165) is 36.0 Å². The second kappa shape index (κ2) is 6.12. The van der Waals surface area contributed by atoms with Gasteiger partial charge in [0.05, 0.1) is 29.7 Å². The Morgan fingerprint density at radius 3 is 2.35 bits per heavy atom. The maximum absolute atomic E-state index is 12.8. The van der Waals surface area contributed by atoms with E-state index < -0.39 is 5.60 Å². The summed E-state index contributed by atoms with van der Waals surface area (Å²) in [6, 6.07) is 4.76. The third-order valence-corrected chi connectivity index (χ3v) is 6.07. The SMILES string of the molecule is CC(C)(C)OC(=O)N1C2CCC1C1CCC2N1c1ncc(Br)cc1C#N. The first-order valence-electron chi connectivity index (χ1n) is 9.15. The van der Waals surface area contributed by atoms with Crippen LogP contribution < -0.4 is 4.90 Å². The van der Waals surface area contributed by atoms with Gasteiger partial charge >= 0.3 is 6.09 Å². The van der Waals surface area contributed by atoms with Crippen molar-refractivity contribution in [3.8, 4) is 6.07 Å². The normalized spacial score (nSPS) is 29.7. The van der Waals surface area contributed by atoms with E-state index in [0.29, 0.717) is 5.56 Å². The van der Waals surface area contributed by atoms with Crippen LogP contribution >= 0.6 is 15.9 Å². The van der Waals surface area contributed by atoms with Crippen molar-refractivity contribution in [2.75, 3.05) is 4.90 Å². The molecule has 1 aromatic rings. The van der Waals surface area contributed by atoms with Crippen LogP contribution in [0.5, 0.6) is 0 Å². The van der Waals surface area contributed by atoms with E-state index in [1.54, 1.807) is 6.20 Å². The third kappa shape index (κ3) is 2.75. The van der Waals surface area contributed by atoms with Crippen LogP contribution in [0.4, 0.5) is 10.6 Å². The first-order chi connectivity index (χ1) is 12.3. The van der Waals surface area contributed by atoms with E-state index in [9.17, 15) is 10.1 Å². The van der Waals surface area contributed by atoms with Gasteiger partial charge in [-0.2, -0.15) is 5.26 Å². The van der Waals surface area contributed by atoms with Crippen molar-refractivity contribution in [2.45, 2.75) is 76.2 Å². The van der Waals surface area contributed by atoms with Crippen LogP contribution in [0.25, 0.3) is 0 Å². The number of carbonyl (C=O) groups excluding carboxylic acids is 1. The number of fused-ring (bicyclic) bond motifs is 6. The third-order valence-electron chi connectivity index (χ3n) is 5.64. The van der Waals surface area contributed by atoms with Gasteiger partial charge in [-0.05, 0) is 68.5 Å². The molecule has 0 aromatic carbocycles. The van der Waals surface area contributed by atoms with Crippen LogP contribution in [-0.4, -0.2) is 45.7 Å². The van der Waals surface area contributed by atoms with Gasteiger partial charge in [0.15, 0.2) is 0 Å². The number of piperazine rings is 1. The molecular formula is C19H23BrN4O2. The standard InChI is InChI=1S/C19H23BrN4O2/c1-19(2,3)26-18(25)24-15-6-7-16(24)14-5-4-13(15)23(14)17-11(9-21)8-12(20)10-22-17/h8,10,13-16H,4-7H2,1-3H3. The van der Waals surface area contributed by atoms with Crippen LogP contribution in [0.1, 0.15) is 52.0 Å². The molecule has 3 saturated heterocycles. The predicted octanol–water partition coefficient (Wildman–Crippen LogP) is 3.83. The topological polar surface area (TPSA) is 69.5 Å². The summed E-state index contributed by atoms with van der Waals surface area (Å²) >= 11 is 3.40. The molecule has 4 heterocycles.